The van der Waals surface area contributed by atoms with Crippen molar-refractivity contribution in [3.05, 3.63) is 49.6 Å². The lowest BCUT2D eigenvalue weighted by atomic mass is 9.62. The van der Waals surface area contributed by atoms with Gasteiger partial charge in [0.05, 0.1) is 18.1 Å². The number of anilines is 2. The number of aliphatic hydroxyl groups is 1. The lowest BCUT2D eigenvalue weighted by Gasteiger charge is -2.37. The quantitative estimate of drug-likeness (QED) is 0.138. The van der Waals surface area contributed by atoms with Gasteiger partial charge in [0, 0.05) is 44.2 Å². The molecule has 3 saturated heterocycles. The number of fused-ring (bicyclic) bond motifs is 1. The van der Waals surface area contributed by atoms with Crippen molar-refractivity contribution in [3.8, 4) is 0 Å². The molecule has 0 saturated carbocycles. The molecule has 4 rings (SSSR count). The van der Waals surface area contributed by atoms with Crippen LogP contribution in [-0.2, 0) is 23.9 Å². The van der Waals surface area contributed by atoms with Crippen molar-refractivity contribution in [2.24, 2.45) is 17.8 Å². The first kappa shape index (κ1) is 34.7. The summed E-state index contributed by atoms with van der Waals surface area (Å²) in [6.07, 6.45) is 8.39. The summed E-state index contributed by atoms with van der Waals surface area (Å²) < 4.78 is 12.6. The standard InChI is InChI=1S/C36H53N3O6/c1-7-11-16-24-44-34(43)30-29-32(41)39(22-14-12-13-15-23-40)31(36(29)25-26(5)35(30,6)45-36)33(42)38(21-8-2)28-19-17-27(18-20-28)37(9-3)10-4/h7-8,17-20,26,29-31,40H,1-2,9-16,21-25H2,3-6H3/t26?,29-,30+,31?,35-,36?/m0/s1. The summed E-state index contributed by atoms with van der Waals surface area (Å²) in [5.41, 5.74) is -0.270. The highest BCUT2D eigenvalue weighted by Crippen LogP contribution is 2.65. The molecule has 3 aliphatic heterocycles. The van der Waals surface area contributed by atoms with Crippen molar-refractivity contribution in [1.82, 2.24) is 4.90 Å². The van der Waals surface area contributed by atoms with Gasteiger partial charge < -0.3 is 29.3 Å². The van der Waals surface area contributed by atoms with Crippen molar-refractivity contribution < 1.29 is 29.0 Å². The molecule has 3 unspecified atom stereocenters. The molecule has 1 N–H and O–H groups in total. The fourth-order valence-corrected chi connectivity index (χ4v) is 7.89. The lowest BCUT2D eigenvalue weighted by Crippen LogP contribution is -2.57. The number of nitrogens with zero attached hydrogens (tertiary/aromatic N) is 3. The second-order valence-electron chi connectivity index (χ2n) is 12.9. The van der Waals surface area contributed by atoms with Crippen LogP contribution < -0.4 is 9.80 Å². The summed E-state index contributed by atoms with van der Waals surface area (Å²) >= 11 is 0. The van der Waals surface area contributed by atoms with Crippen LogP contribution in [0.2, 0.25) is 0 Å². The molecule has 3 aliphatic rings. The number of carbonyl (C=O) groups is 3. The SMILES string of the molecule is C=CCCCOC(=O)[C@H]1[C@H]2C(=O)N(CCCCCCO)C(C(=O)N(CC=C)c3ccc(N(CC)CC)cc3)C23CC(C)[C@]1(C)O3. The molecule has 9 heteroatoms. The van der Waals surface area contributed by atoms with E-state index in [1.165, 1.54) is 0 Å². The number of amides is 2. The van der Waals surface area contributed by atoms with E-state index in [9.17, 15) is 19.5 Å². The van der Waals surface area contributed by atoms with Gasteiger partial charge in [0.1, 0.15) is 17.6 Å². The molecule has 3 fully saturated rings. The highest BCUT2D eigenvalue weighted by Gasteiger charge is 2.80. The fraction of sp³-hybridized carbons (Fsp3) is 0.639. The van der Waals surface area contributed by atoms with Gasteiger partial charge in [-0.1, -0.05) is 31.9 Å². The molecule has 2 amide bonds. The minimum absolute atomic E-state index is 0.0618. The molecule has 6 atom stereocenters. The Hall–Kier alpha value is -3.17. The molecule has 2 bridgehead atoms. The van der Waals surface area contributed by atoms with E-state index >= 15 is 0 Å². The number of carbonyl (C=O) groups excluding carboxylic acids is 3. The van der Waals surface area contributed by atoms with E-state index in [4.69, 9.17) is 9.47 Å². The third-order valence-electron chi connectivity index (χ3n) is 10.3. The van der Waals surface area contributed by atoms with Crippen LogP contribution in [0.25, 0.3) is 0 Å². The smallest absolute Gasteiger partial charge is 0.312 e. The second kappa shape index (κ2) is 14.9. The number of hydrogen-bond acceptors (Lipinski definition) is 7. The van der Waals surface area contributed by atoms with E-state index in [0.29, 0.717) is 32.2 Å². The Kier molecular flexibility index (Phi) is 11.5. The number of ether oxygens (including phenoxy) is 2. The Balaban J connectivity index is 1.71. The number of rotatable bonds is 18. The number of aliphatic hydroxyl groups excluding tert-OH is 1. The minimum Gasteiger partial charge on any atom is -0.465 e. The van der Waals surface area contributed by atoms with Crippen LogP contribution in [0.15, 0.2) is 49.6 Å². The maximum Gasteiger partial charge on any atom is 0.312 e. The summed E-state index contributed by atoms with van der Waals surface area (Å²) in [5, 5.41) is 9.24. The van der Waals surface area contributed by atoms with Gasteiger partial charge in [-0.2, -0.15) is 0 Å². The number of esters is 1. The number of benzene rings is 1. The van der Waals surface area contributed by atoms with Crippen LogP contribution in [-0.4, -0.2) is 84.4 Å². The topological polar surface area (TPSA) is 99.6 Å². The highest BCUT2D eigenvalue weighted by molar-refractivity contribution is 6.05. The van der Waals surface area contributed by atoms with Gasteiger partial charge in [-0.25, -0.2) is 0 Å². The van der Waals surface area contributed by atoms with Crippen molar-refractivity contribution in [3.63, 3.8) is 0 Å². The average molecular weight is 624 g/mol. The van der Waals surface area contributed by atoms with Gasteiger partial charge in [0.2, 0.25) is 5.91 Å². The predicted octanol–water partition coefficient (Wildman–Crippen LogP) is 5.12. The first-order chi connectivity index (χ1) is 21.6. The molecular weight excluding hydrogens is 570 g/mol. The highest BCUT2D eigenvalue weighted by atomic mass is 16.6. The first-order valence-corrected chi connectivity index (χ1v) is 16.8. The van der Waals surface area contributed by atoms with E-state index in [2.05, 4.69) is 31.9 Å². The van der Waals surface area contributed by atoms with Gasteiger partial charge in [0.15, 0.2) is 0 Å². The number of hydrogen-bond donors (Lipinski definition) is 1. The predicted molar refractivity (Wildman–Crippen MR) is 177 cm³/mol. The number of allylic oxidation sites excluding steroid dienone is 1. The lowest BCUT2D eigenvalue weighted by molar-refractivity contribution is -0.161. The maximum atomic E-state index is 14.9. The minimum atomic E-state index is -1.14. The molecule has 0 aromatic heterocycles. The summed E-state index contributed by atoms with van der Waals surface area (Å²) in [5.74, 6) is -2.53. The van der Waals surface area contributed by atoms with Gasteiger partial charge in [-0.3, -0.25) is 14.4 Å². The van der Waals surface area contributed by atoms with Crippen molar-refractivity contribution >= 4 is 29.2 Å². The van der Waals surface area contributed by atoms with Crippen LogP contribution in [0.5, 0.6) is 0 Å². The van der Waals surface area contributed by atoms with Crippen molar-refractivity contribution in [2.45, 2.75) is 89.9 Å². The molecule has 0 radical (unpaired) electrons. The van der Waals surface area contributed by atoms with Crippen LogP contribution in [0.3, 0.4) is 0 Å². The Labute approximate surface area is 269 Å². The Morgan fingerprint density at radius 1 is 1.07 bits per heavy atom. The van der Waals surface area contributed by atoms with Gasteiger partial charge in [-0.15, -0.1) is 13.2 Å². The zero-order valence-corrected chi connectivity index (χ0v) is 27.7. The van der Waals surface area contributed by atoms with Crippen molar-refractivity contribution in [2.75, 3.05) is 49.2 Å². The third kappa shape index (κ3) is 6.43. The molecule has 1 spiro atoms. The Morgan fingerprint density at radius 2 is 1.73 bits per heavy atom. The van der Waals surface area contributed by atoms with Crippen molar-refractivity contribution in [1.29, 1.82) is 0 Å². The molecule has 1 aromatic rings. The van der Waals surface area contributed by atoms with E-state index in [0.717, 1.165) is 43.7 Å². The summed E-state index contributed by atoms with van der Waals surface area (Å²) in [6.45, 7) is 18.6. The molecule has 1 aromatic carbocycles. The summed E-state index contributed by atoms with van der Waals surface area (Å²) in [4.78, 5) is 48.6. The largest absolute Gasteiger partial charge is 0.465 e. The number of likely N-dealkylation sites (tertiary alicyclic amines) is 1. The van der Waals surface area contributed by atoms with Crippen LogP contribution in [0.1, 0.15) is 72.6 Å². The van der Waals surface area contributed by atoms with Gasteiger partial charge >= 0.3 is 5.97 Å². The number of unbranched alkanes of at least 4 members (excludes halogenated alkanes) is 4. The third-order valence-corrected chi connectivity index (χ3v) is 10.3. The second-order valence-corrected chi connectivity index (χ2v) is 12.9. The van der Waals surface area contributed by atoms with E-state index in [-0.39, 0.29) is 37.5 Å². The maximum absolute atomic E-state index is 14.9. The Morgan fingerprint density at radius 3 is 2.36 bits per heavy atom. The molecule has 248 valence electrons. The molecule has 3 heterocycles. The zero-order valence-electron chi connectivity index (χ0n) is 27.7. The monoisotopic (exact) mass is 623 g/mol. The van der Waals surface area contributed by atoms with Gasteiger partial charge in [0.25, 0.3) is 5.91 Å². The fourth-order valence-electron chi connectivity index (χ4n) is 7.89. The van der Waals surface area contributed by atoms with E-state index in [1.807, 2.05) is 38.1 Å². The summed E-state index contributed by atoms with van der Waals surface area (Å²) in [7, 11) is 0. The van der Waals surface area contributed by atoms with Crippen LogP contribution >= 0.6 is 0 Å². The molecule has 45 heavy (non-hydrogen) atoms. The normalized spacial score (nSPS) is 28.2. The zero-order chi connectivity index (χ0) is 32.8. The molecule has 0 aliphatic carbocycles. The van der Waals surface area contributed by atoms with Crippen LogP contribution in [0.4, 0.5) is 11.4 Å². The van der Waals surface area contributed by atoms with E-state index in [1.54, 1.807) is 22.0 Å². The summed E-state index contributed by atoms with van der Waals surface area (Å²) in [6, 6.07) is 7.04. The first-order valence-electron chi connectivity index (χ1n) is 16.8. The molecule has 9 nitrogen and oxygen atoms in total. The van der Waals surface area contributed by atoms with Crippen LogP contribution in [0, 0.1) is 17.8 Å². The Bertz CT molecular complexity index is 1220. The molecular formula is C36H53N3O6. The van der Waals surface area contributed by atoms with E-state index < -0.39 is 35.0 Å². The van der Waals surface area contributed by atoms with Gasteiger partial charge in [-0.05, 0) is 83.1 Å². The average Bonchev–Trinajstić information content (AvgIpc) is 3.55.